The van der Waals surface area contributed by atoms with E-state index < -0.39 is 0 Å². The van der Waals surface area contributed by atoms with Gasteiger partial charge in [-0.25, -0.2) is 4.68 Å². The maximum absolute atomic E-state index is 12.6. The highest BCUT2D eigenvalue weighted by Crippen LogP contribution is 2.17. The van der Waals surface area contributed by atoms with Crippen molar-refractivity contribution in [1.29, 1.82) is 0 Å². The van der Waals surface area contributed by atoms with Gasteiger partial charge in [-0.05, 0) is 42.5 Å². The Bertz CT molecular complexity index is 1020. The minimum Gasteiger partial charge on any atom is -0.497 e. The molecule has 0 unspecified atom stereocenters. The van der Waals surface area contributed by atoms with E-state index in [1.807, 2.05) is 71.8 Å². The predicted molar refractivity (Wildman–Crippen MR) is 124 cm³/mol. The molecule has 0 saturated carbocycles. The van der Waals surface area contributed by atoms with Crippen LogP contribution in [0.1, 0.15) is 5.56 Å². The second-order valence-electron chi connectivity index (χ2n) is 7.58. The van der Waals surface area contributed by atoms with Gasteiger partial charge in [-0.1, -0.05) is 18.2 Å². The lowest BCUT2D eigenvalue weighted by molar-refractivity contribution is -0.127. The summed E-state index contributed by atoms with van der Waals surface area (Å²) in [5.41, 5.74) is 1.89. The first-order chi connectivity index (χ1) is 15.7. The van der Waals surface area contributed by atoms with Crippen molar-refractivity contribution in [2.45, 2.75) is 0 Å². The van der Waals surface area contributed by atoms with E-state index in [-0.39, 0.29) is 5.91 Å². The number of carbonyl (C=O) groups excluding carboxylic acids is 1. The highest BCUT2D eigenvalue weighted by atomic mass is 16.5. The number of amides is 1. The Balaban J connectivity index is 1.19. The van der Waals surface area contributed by atoms with Crippen molar-refractivity contribution in [3.63, 3.8) is 0 Å². The number of para-hydroxylation sites is 1. The highest BCUT2D eigenvalue weighted by molar-refractivity contribution is 5.91. The zero-order valence-electron chi connectivity index (χ0n) is 18.3. The van der Waals surface area contributed by atoms with Crippen LogP contribution in [0.4, 0.5) is 0 Å². The number of hydrogen-bond donors (Lipinski definition) is 0. The Labute approximate surface area is 188 Å². The smallest absolute Gasteiger partial charge is 0.246 e. The van der Waals surface area contributed by atoms with Crippen LogP contribution in [0.2, 0.25) is 0 Å². The van der Waals surface area contributed by atoms with Crippen molar-refractivity contribution in [2.24, 2.45) is 0 Å². The van der Waals surface area contributed by atoms with Gasteiger partial charge < -0.3 is 14.4 Å². The highest BCUT2D eigenvalue weighted by Gasteiger charge is 2.19. The van der Waals surface area contributed by atoms with Crippen LogP contribution in [0.25, 0.3) is 11.8 Å². The quantitative estimate of drug-likeness (QED) is 0.512. The molecule has 1 aliphatic rings. The maximum atomic E-state index is 12.6. The zero-order chi connectivity index (χ0) is 22.2. The van der Waals surface area contributed by atoms with Crippen molar-refractivity contribution in [3.05, 3.63) is 78.6 Å². The summed E-state index contributed by atoms with van der Waals surface area (Å²) in [7, 11) is 1.65. The number of aromatic nitrogens is 2. The molecule has 166 valence electrons. The summed E-state index contributed by atoms with van der Waals surface area (Å²) < 4.78 is 12.8. The molecular weight excluding hydrogens is 404 g/mol. The summed E-state index contributed by atoms with van der Waals surface area (Å²) in [5, 5.41) is 4.36. The average molecular weight is 433 g/mol. The van der Waals surface area contributed by atoms with E-state index in [2.05, 4.69) is 10.00 Å². The summed E-state index contributed by atoms with van der Waals surface area (Å²) in [6, 6.07) is 17.5. The molecule has 1 amide bonds. The Morgan fingerprint density at radius 3 is 2.44 bits per heavy atom. The Morgan fingerprint density at radius 1 is 1.00 bits per heavy atom. The molecule has 1 fully saturated rings. The van der Waals surface area contributed by atoms with E-state index in [1.54, 1.807) is 24.1 Å². The first-order valence-electron chi connectivity index (χ1n) is 10.8. The van der Waals surface area contributed by atoms with Gasteiger partial charge in [-0.15, -0.1) is 0 Å². The molecule has 0 aliphatic carbocycles. The number of carbonyl (C=O) groups is 1. The van der Waals surface area contributed by atoms with Crippen LogP contribution in [0.3, 0.4) is 0 Å². The SMILES string of the molecule is COc1ccc(OCCN2CCN(C(=O)C=Cc3cnn(-c4ccccc4)c3)CC2)cc1. The van der Waals surface area contributed by atoms with Gasteiger partial charge in [-0.2, -0.15) is 5.10 Å². The van der Waals surface area contributed by atoms with Crippen LogP contribution in [0.5, 0.6) is 11.5 Å². The van der Waals surface area contributed by atoms with Gasteiger partial charge in [0.2, 0.25) is 5.91 Å². The van der Waals surface area contributed by atoms with Crippen LogP contribution < -0.4 is 9.47 Å². The molecule has 0 spiro atoms. The molecule has 32 heavy (non-hydrogen) atoms. The molecular formula is C25H28N4O3. The van der Waals surface area contributed by atoms with Crippen molar-refractivity contribution >= 4 is 12.0 Å². The Morgan fingerprint density at radius 2 is 1.72 bits per heavy atom. The molecule has 3 aromatic rings. The van der Waals surface area contributed by atoms with E-state index >= 15 is 0 Å². The summed E-state index contributed by atoms with van der Waals surface area (Å²) in [6.45, 7) is 4.58. The van der Waals surface area contributed by atoms with Crippen LogP contribution >= 0.6 is 0 Å². The number of benzene rings is 2. The van der Waals surface area contributed by atoms with E-state index in [9.17, 15) is 4.79 Å². The van der Waals surface area contributed by atoms with Crippen LogP contribution in [-0.4, -0.2) is 71.9 Å². The molecule has 4 rings (SSSR count). The van der Waals surface area contributed by atoms with E-state index in [0.29, 0.717) is 6.61 Å². The number of rotatable bonds is 8. The van der Waals surface area contributed by atoms with Crippen LogP contribution in [0.15, 0.2) is 73.1 Å². The predicted octanol–water partition coefficient (Wildman–Crippen LogP) is 3.12. The molecule has 7 heteroatoms. The van der Waals surface area contributed by atoms with Crippen LogP contribution in [0, 0.1) is 0 Å². The largest absolute Gasteiger partial charge is 0.497 e. The number of hydrogen-bond acceptors (Lipinski definition) is 5. The first kappa shape index (κ1) is 21.6. The van der Waals surface area contributed by atoms with Crippen LogP contribution in [-0.2, 0) is 4.79 Å². The summed E-state index contributed by atoms with van der Waals surface area (Å²) >= 11 is 0. The third-order valence-corrected chi connectivity index (χ3v) is 5.46. The van der Waals surface area contributed by atoms with E-state index in [0.717, 1.165) is 55.5 Å². The Kier molecular flexibility index (Phi) is 7.19. The molecule has 0 atom stereocenters. The number of piperazine rings is 1. The normalized spacial score (nSPS) is 14.6. The van der Waals surface area contributed by atoms with E-state index in [4.69, 9.17) is 9.47 Å². The fourth-order valence-electron chi connectivity index (χ4n) is 3.57. The van der Waals surface area contributed by atoms with Gasteiger partial charge >= 0.3 is 0 Å². The number of nitrogens with zero attached hydrogens (tertiary/aromatic N) is 4. The average Bonchev–Trinajstić information content (AvgIpc) is 3.33. The summed E-state index contributed by atoms with van der Waals surface area (Å²) in [4.78, 5) is 16.8. The standard InChI is InChI=1S/C25H28N4O3/c1-31-23-8-10-24(11-9-23)32-18-17-27-13-15-28(16-14-27)25(30)12-7-21-19-26-29(20-21)22-5-3-2-4-6-22/h2-12,19-20H,13-18H2,1H3. The second kappa shape index (κ2) is 10.6. The van der Waals surface area contributed by atoms with Gasteiger partial charge in [0.1, 0.15) is 18.1 Å². The maximum Gasteiger partial charge on any atom is 0.246 e. The minimum atomic E-state index is 0.0339. The summed E-state index contributed by atoms with van der Waals surface area (Å²) in [6.07, 6.45) is 7.13. The molecule has 0 radical (unpaired) electrons. The molecule has 1 aromatic heterocycles. The first-order valence-corrected chi connectivity index (χ1v) is 10.8. The second-order valence-corrected chi connectivity index (χ2v) is 7.58. The van der Waals surface area contributed by atoms with Gasteiger partial charge in [0, 0.05) is 50.6 Å². The molecule has 0 N–H and O–H groups in total. The molecule has 1 aliphatic heterocycles. The summed E-state index contributed by atoms with van der Waals surface area (Å²) in [5.74, 6) is 1.68. The molecule has 7 nitrogen and oxygen atoms in total. The topological polar surface area (TPSA) is 59.8 Å². The molecule has 2 heterocycles. The lowest BCUT2D eigenvalue weighted by Gasteiger charge is -2.34. The molecule has 0 bridgehead atoms. The number of methoxy groups -OCH3 is 1. The Hall–Kier alpha value is -3.58. The molecule has 1 saturated heterocycles. The monoisotopic (exact) mass is 432 g/mol. The van der Waals surface area contributed by atoms with Crippen molar-refractivity contribution < 1.29 is 14.3 Å². The van der Waals surface area contributed by atoms with E-state index in [1.165, 1.54) is 0 Å². The van der Waals surface area contributed by atoms with Crippen molar-refractivity contribution in [2.75, 3.05) is 46.4 Å². The van der Waals surface area contributed by atoms with Gasteiger partial charge in [0.05, 0.1) is 19.0 Å². The lowest BCUT2D eigenvalue weighted by Crippen LogP contribution is -2.49. The van der Waals surface area contributed by atoms with Crippen molar-refractivity contribution in [1.82, 2.24) is 19.6 Å². The fraction of sp³-hybridized carbons (Fsp3) is 0.280. The minimum absolute atomic E-state index is 0.0339. The molecule has 2 aromatic carbocycles. The lowest BCUT2D eigenvalue weighted by atomic mass is 10.2. The third kappa shape index (κ3) is 5.76. The van der Waals surface area contributed by atoms with Crippen molar-refractivity contribution in [3.8, 4) is 17.2 Å². The fourth-order valence-corrected chi connectivity index (χ4v) is 3.57. The number of ether oxygens (including phenoxy) is 2. The third-order valence-electron chi connectivity index (χ3n) is 5.46. The van der Waals surface area contributed by atoms with Gasteiger partial charge in [0.15, 0.2) is 0 Å². The zero-order valence-corrected chi connectivity index (χ0v) is 18.3. The van der Waals surface area contributed by atoms with Gasteiger partial charge in [-0.3, -0.25) is 9.69 Å². The van der Waals surface area contributed by atoms with Gasteiger partial charge in [0.25, 0.3) is 0 Å².